The lowest BCUT2D eigenvalue weighted by Gasteiger charge is -2.11. The second kappa shape index (κ2) is 6.69. The Bertz CT molecular complexity index is 647. The van der Waals surface area contributed by atoms with E-state index >= 15 is 0 Å². The number of hydrogen-bond acceptors (Lipinski definition) is 5. The van der Waals surface area contributed by atoms with Gasteiger partial charge in [0.25, 0.3) is 0 Å². The SMILES string of the molecule is CCOC(=O)c1cc(N)cnc1NCc1ccccc1F. The fraction of sp³-hybridized carbons (Fsp3) is 0.200. The lowest BCUT2D eigenvalue weighted by atomic mass is 10.2. The number of pyridine rings is 1. The molecule has 0 saturated carbocycles. The summed E-state index contributed by atoms with van der Waals surface area (Å²) >= 11 is 0. The van der Waals surface area contributed by atoms with Gasteiger partial charge >= 0.3 is 5.97 Å². The van der Waals surface area contributed by atoms with Gasteiger partial charge in [0, 0.05) is 12.1 Å². The summed E-state index contributed by atoms with van der Waals surface area (Å²) in [6.45, 7) is 2.17. The van der Waals surface area contributed by atoms with Crippen molar-refractivity contribution in [1.82, 2.24) is 4.98 Å². The summed E-state index contributed by atoms with van der Waals surface area (Å²) in [5.74, 6) is -0.530. The number of aromatic nitrogens is 1. The number of nitrogens with zero attached hydrogens (tertiary/aromatic N) is 1. The van der Waals surface area contributed by atoms with Crippen LogP contribution in [0.3, 0.4) is 0 Å². The van der Waals surface area contributed by atoms with Crippen molar-refractivity contribution in [3.05, 3.63) is 53.5 Å². The highest BCUT2D eigenvalue weighted by molar-refractivity contribution is 5.95. The van der Waals surface area contributed by atoms with Crippen molar-refractivity contribution in [3.8, 4) is 0 Å². The highest BCUT2D eigenvalue weighted by atomic mass is 19.1. The summed E-state index contributed by atoms with van der Waals surface area (Å²) in [7, 11) is 0. The lowest BCUT2D eigenvalue weighted by Crippen LogP contribution is -2.12. The Morgan fingerprint density at radius 1 is 1.43 bits per heavy atom. The number of nitrogen functional groups attached to an aromatic ring is 1. The Kier molecular flexibility index (Phi) is 4.71. The molecule has 0 fully saturated rings. The van der Waals surface area contributed by atoms with Gasteiger partial charge in [0.05, 0.1) is 18.5 Å². The Labute approximate surface area is 121 Å². The van der Waals surface area contributed by atoms with Crippen LogP contribution in [0.5, 0.6) is 0 Å². The highest BCUT2D eigenvalue weighted by Gasteiger charge is 2.14. The number of rotatable bonds is 5. The molecule has 1 aromatic carbocycles. The first kappa shape index (κ1) is 14.8. The van der Waals surface area contributed by atoms with Crippen molar-refractivity contribution in [1.29, 1.82) is 0 Å². The number of nitrogens with two attached hydrogens (primary N) is 1. The first-order valence-electron chi connectivity index (χ1n) is 6.51. The zero-order valence-electron chi connectivity index (χ0n) is 11.6. The minimum absolute atomic E-state index is 0.204. The number of halogens is 1. The van der Waals surface area contributed by atoms with E-state index in [-0.39, 0.29) is 24.5 Å². The number of ether oxygens (including phenoxy) is 1. The van der Waals surface area contributed by atoms with Crippen LogP contribution in [-0.2, 0) is 11.3 Å². The molecule has 5 nitrogen and oxygen atoms in total. The van der Waals surface area contributed by atoms with Crippen molar-refractivity contribution < 1.29 is 13.9 Å². The lowest BCUT2D eigenvalue weighted by molar-refractivity contribution is 0.0527. The van der Waals surface area contributed by atoms with Crippen LogP contribution in [0.25, 0.3) is 0 Å². The standard InChI is InChI=1S/C15H16FN3O2/c1-2-21-15(20)12-7-11(17)9-19-14(12)18-8-10-5-3-4-6-13(10)16/h3-7,9H,2,8,17H2,1H3,(H,18,19). The van der Waals surface area contributed by atoms with E-state index in [1.165, 1.54) is 18.3 Å². The molecule has 110 valence electrons. The van der Waals surface area contributed by atoms with Crippen LogP contribution in [0.1, 0.15) is 22.8 Å². The summed E-state index contributed by atoms with van der Waals surface area (Å²) < 4.78 is 18.5. The molecule has 2 aromatic rings. The van der Waals surface area contributed by atoms with Crippen molar-refractivity contribution in [2.45, 2.75) is 13.5 Å². The van der Waals surface area contributed by atoms with Gasteiger partial charge in [-0.05, 0) is 19.1 Å². The molecule has 0 amide bonds. The van der Waals surface area contributed by atoms with E-state index in [0.717, 1.165) is 0 Å². The monoisotopic (exact) mass is 289 g/mol. The molecule has 1 aromatic heterocycles. The minimum atomic E-state index is -0.520. The molecule has 21 heavy (non-hydrogen) atoms. The van der Waals surface area contributed by atoms with Crippen molar-refractivity contribution in [2.75, 3.05) is 17.7 Å². The maximum Gasteiger partial charge on any atom is 0.341 e. The third-order valence-corrected chi connectivity index (χ3v) is 2.81. The number of anilines is 2. The first-order chi connectivity index (χ1) is 10.1. The minimum Gasteiger partial charge on any atom is -0.462 e. The Balaban J connectivity index is 2.20. The van der Waals surface area contributed by atoms with Crippen LogP contribution in [-0.4, -0.2) is 17.6 Å². The fourth-order valence-corrected chi connectivity index (χ4v) is 1.81. The average Bonchev–Trinajstić information content (AvgIpc) is 2.47. The third-order valence-electron chi connectivity index (χ3n) is 2.81. The zero-order chi connectivity index (χ0) is 15.2. The van der Waals surface area contributed by atoms with Crippen molar-refractivity contribution >= 4 is 17.5 Å². The van der Waals surface area contributed by atoms with Gasteiger partial charge in [-0.1, -0.05) is 18.2 Å². The largest absolute Gasteiger partial charge is 0.462 e. The van der Waals surface area contributed by atoms with E-state index < -0.39 is 5.97 Å². The summed E-state index contributed by atoms with van der Waals surface area (Å²) in [6.07, 6.45) is 1.42. The molecule has 0 radical (unpaired) electrons. The number of carbonyl (C=O) groups excluding carboxylic acids is 1. The molecule has 0 saturated heterocycles. The Morgan fingerprint density at radius 2 is 2.19 bits per heavy atom. The van der Waals surface area contributed by atoms with Crippen molar-refractivity contribution in [2.24, 2.45) is 0 Å². The van der Waals surface area contributed by atoms with E-state index in [2.05, 4.69) is 10.3 Å². The quantitative estimate of drug-likeness (QED) is 0.827. The predicted octanol–water partition coefficient (Wildman–Crippen LogP) is 2.59. The van der Waals surface area contributed by atoms with Gasteiger partial charge in [0.1, 0.15) is 17.2 Å². The molecule has 2 rings (SSSR count). The first-order valence-corrected chi connectivity index (χ1v) is 6.51. The predicted molar refractivity (Wildman–Crippen MR) is 78.3 cm³/mol. The molecule has 1 heterocycles. The topological polar surface area (TPSA) is 77.2 Å². The molecule has 0 aliphatic rings. The van der Waals surface area contributed by atoms with Gasteiger partial charge in [-0.3, -0.25) is 0 Å². The van der Waals surface area contributed by atoms with E-state index in [1.807, 2.05) is 0 Å². The van der Waals surface area contributed by atoms with Gasteiger partial charge in [-0.15, -0.1) is 0 Å². The van der Waals surface area contributed by atoms with Crippen LogP contribution in [0.4, 0.5) is 15.9 Å². The second-order valence-electron chi connectivity index (χ2n) is 4.33. The van der Waals surface area contributed by atoms with Gasteiger partial charge < -0.3 is 15.8 Å². The summed E-state index contributed by atoms with van der Waals surface area (Å²) in [5.41, 5.74) is 6.70. The fourth-order valence-electron chi connectivity index (χ4n) is 1.81. The van der Waals surface area contributed by atoms with Crippen LogP contribution < -0.4 is 11.1 Å². The van der Waals surface area contributed by atoms with Crippen LogP contribution in [0.15, 0.2) is 36.5 Å². The van der Waals surface area contributed by atoms with Crippen LogP contribution in [0.2, 0.25) is 0 Å². The van der Waals surface area contributed by atoms with E-state index in [1.54, 1.807) is 25.1 Å². The van der Waals surface area contributed by atoms with Crippen molar-refractivity contribution in [3.63, 3.8) is 0 Å². The van der Waals surface area contributed by atoms with E-state index in [4.69, 9.17) is 10.5 Å². The highest BCUT2D eigenvalue weighted by Crippen LogP contribution is 2.18. The van der Waals surface area contributed by atoms with Gasteiger partial charge in [0.15, 0.2) is 0 Å². The Hall–Kier alpha value is -2.63. The molecule has 0 unspecified atom stereocenters. The maximum absolute atomic E-state index is 13.6. The molecule has 0 aliphatic carbocycles. The summed E-state index contributed by atoms with van der Waals surface area (Å²) in [6, 6.07) is 7.87. The number of nitrogens with one attached hydrogen (secondary N) is 1. The number of esters is 1. The van der Waals surface area contributed by atoms with E-state index in [0.29, 0.717) is 17.1 Å². The summed E-state index contributed by atoms with van der Waals surface area (Å²) in [5, 5.41) is 2.93. The van der Waals surface area contributed by atoms with Crippen LogP contribution in [0, 0.1) is 5.82 Å². The molecule has 0 atom stereocenters. The molecule has 3 N–H and O–H groups in total. The molecule has 0 spiro atoms. The smallest absolute Gasteiger partial charge is 0.341 e. The molecular weight excluding hydrogens is 273 g/mol. The zero-order valence-corrected chi connectivity index (χ0v) is 11.6. The average molecular weight is 289 g/mol. The second-order valence-corrected chi connectivity index (χ2v) is 4.33. The molecule has 6 heteroatoms. The van der Waals surface area contributed by atoms with E-state index in [9.17, 15) is 9.18 Å². The van der Waals surface area contributed by atoms with Gasteiger partial charge in [0.2, 0.25) is 0 Å². The normalized spacial score (nSPS) is 10.2. The molecular formula is C15H16FN3O2. The third kappa shape index (κ3) is 3.68. The molecule has 0 bridgehead atoms. The molecule has 0 aliphatic heterocycles. The van der Waals surface area contributed by atoms with Gasteiger partial charge in [-0.2, -0.15) is 0 Å². The van der Waals surface area contributed by atoms with Crippen LogP contribution >= 0.6 is 0 Å². The number of carbonyl (C=O) groups is 1. The van der Waals surface area contributed by atoms with Gasteiger partial charge in [-0.25, -0.2) is 14.2 Å². The maximum atomic E-state index is 13.6. The number of hydrogen-bond donors (Lipinski definition) is 2. The number of benzene rings is 1. The Morgan fingerprint density at radius 3 is 2.90 bits per heavy atom. The summed E-state index contributed by atoms with van der Waals surface area (Å²) in [4.78, 5) is 15.9.